The van der Waals surface area contributed by atoms with E-state index in [9.17, 15) is 4.79 Å². The van der Waals surface area contributed by atoms with Gasteiger partial charge in [0, 0.05) is 11.8 Å². The predicted octanol–water partition coefficient (Wildman–Crippen LogP) is 1.94. The molecule has 5 heteroatoms. The molecule has 2 aromatic rings. The molecule has 2 aromatic heterocycles. The van der Waals surface area contributed by atoms with E-state index in [-0.39, 0.29) is 11.7 Å². The summed E-state index contributed by atoms with van der Waals surface area (Å²) in [4.78, 5) is 15.8. The van der Waals surface area contributed by atoms with E-state index in [1.807, 2.05) is 19.1 Å². The van der Waals surface area contributed by atoms with Crippen molar-refractivity contribution >= 4 is 11.7 Å². The van der Waals surface area contributed by atoms with Crippen molar-refractivity contribution < 1.29 is 9.32 Å². The maximum absolute atomic E-state index is 11.7. The Morgan fingerprint density at radius 2 is 2.12 bits per heavy atom. The third-order valence-corrected chi connectivity index (χ3v) is 1.98. The molecule has 1 amide bonds. The van der Waals surface area contributed by atoms with Crippen molar-refractivity contribution in [2.45, 2.75) is 13.8 Å². The molecule has 0 aromatic carbocycles. The molecule has 0 aliphatic heterocycles. The number of carbonyl (C=O) groups excluding carboxylic acids is 1. The van der Waals surface area contributed by atoms with Crippen LogP contribution >= 0.6 is 0 Å². The van der Waals surface area contributed by atoms with E-state index in [1.165, 1.54) is 0 Å². The van der Waals surface area contributed by atoms with Gasteiger partial charge in [0.2, 0.25) is 5.76 Å². The second-order valence-electron chi connectivity index (χ2n) is 3.45. The zero-order chi connectivity index (χ0) is 11.5. The quantitative estimate of drug-likeness (QED) is 0.834. The highest BCUT2D eigenvalue weighted by atomic mass is 16.5. The summed E-state index contributed by atoms with van der Waals surface area (Å²) in [6.45, 7) is 3.61. The molecule has 2 heterocycles. The molecule has 0 aliphatic carbocycles. The van der Waals surface area contributed by atoms with Gasteiger partial charge in [-0.05, 0) is 26.0 Å². The monoisotopic (exact) mass is 217 g/mol. The number of hydrogen-bond acceptors (Lipinski definition) is 4. The Morgan fingerprint density at radius 1 is 1.31 bits per heavy atom. The Balaban J connectivity index is 2.13. The molecule has 1 N–H and O–H groups in total. The van der Waals surface area contributed by atoms with E-state index in [1.54, 1.807) is 19.1 Å². The van der Waals surface area contributed by atoms with Gasteiger partial charge in [-0.3, -0.25) is 4.79 Å². The first-order chi connectivity index (χ1) is 7.65. The van der Waals surface area contributed by atoms with Crippen molar-refractivity contribution in [3.63, 3.8) is 0 Å². The van der Waals surface area contributed by atoms with Gasteiger partial charge >= 0.3 is 0 Å². The molecule has 0 fully saturated rings. The number of pyridine rings is 1. The number of aryl methyl sites for hydroxylation is 2. The lowest BCUT2D eigenvalue weighted by Crippen LogP contribution is -2.12. The summed E-state index contributed by atoms with van der Waals surface area (Å²) in [7, 11) is 0. The highest BCUT2D eigenvalue weighted by molar-refractivity contribution is 6.01. The van der Waals surface area contributed by atoms with Crippen LogP contribution < -0.4 is 5.32 Å². The number of nitrogens with zero attached hydrogens (tertiary/aromatic N) is 2. The number of anilines is 1. The van der Waals surface area contributed by atoms with Crippen molar-refractivity contribution in [2.75, 3.05) is 5.32 Å². The molecule has 0 aliphatic rings. The van der Waals surface area contributed by atoms with Crippen molar-refractivity contribution in [2.24, 2.45) is 0 Å². The molecule has 0 saturated carbocycles. The van der Waals surface area contributed by atoms with Crippen LogP contribution in [-0.4, -0.2) is 16.0 Å². The minimum Gasteiger partial charge on any atom is -0.351 e. The standard InChI is InChI=1S/C11H11N3O2/c1-7-4-3-5-10(12-7)13-11(15)9-6-8(2)14-16-9/h3-6H,1-2H3,(H,12,13,15). The first-order valence-electron chi connectivity index (χ1n) is 4.83. The first kappa shape index (κ1) is 10.4. The van der Waals surface area contributed by atoms with Crippen LogP contribution in [0.25, 0.3) is 0 Å². The molecule has 0 saturated heterocycles. The fourth-order valence-electron chi connectivity index (χ4n) is 1.26. The smallest absolute Gasteiger partial charge is 0.295 e. The van der Waals surface area contributed by atoms with E-state index in [2.05, 4.69) is 15.5 Å². The highest BCUT2D eigenvalue weighted by Gasteiger charge is 2.11. The zero-order valence-electron chi connectivity index (χ0n) is 9.02. The molecule has 2 rings (SSSR count). The minimum absolute atomic E-state index is 0.181. The Bertz CT molecular complexity index is 519. The van der Waals surface area contributed by atoms with Crippen LogP contribution in [0.5, 0.6) is 0 Å². The fraction of sp³-hybridized carbons (Fsp3) is 0.182. The van der Waals surface area contributed by atoms with Crippen molar-refractivity contribution in [1.82, 2.24) is 10.1 Å². The number of amides is 1. The minimum atomic E-state index is -0.348. The van der Waals surface area contributed by atoms with Gasteiger partial charge in [0.1, 0.15) is 5.82 Å². The summed E-state index contributed by atoms with van der Waals surface area (Å²) in [6.07, 6.45) is 0. The van der Waals surface area contributed by atoms with Gasteiger partial charge in [-0.1, -0.05) is 11.2 Å². The molecule has 0 atom stereocenters. The second-order valence-corrected chi connectivity index (χ2v) is 3.45. The zero-order valence-corrected chi connectivity index (χ0v) is 9.02. The molecule has 0 radical (unpaired) electrons. The molecule has 82 valence electrons. The van der Waals surface area contributed by atoms with Crippen molar-refractivity contribution in [3.05, 3.63) is 41.4 Å². The second kappa shape index (κ2) is 4.14. The largest absolute Gasteiger partial charge is 0.351 e. The summed E-state index contributed by atoms with van der Waals surface area (Å²) < 4.78 is 4.84. The maximum atomic E-state index is 11.7. The Labute approximate surface area is 92.5 Å². The van der Waals surface area contributed by atoms with E-state index in [0.717, 1.165) is 5.69 Å². The molecule has 0 unspecified atom stereocenters. The topological polar surface area (TPSA) is 68.0 Å². The van der Waals surface area contributed by atoms with Crippen LogP contribution in [0.3, 0.4) is 0 Å². The molecule has 0 spiro atoms. The molecule has 0 bridgehead atoms. The van der Waals surface area contributed by atoms with Gasteiger partial charge < -0.3 is 9.84 Å². The van der Waals surface area contributed by atoms with Gasteiger partial charge in [0.25, 0.3) is 5.91 Å². The van der Waals surface area contributed by atoms with Gasteiger partial charge in [0.05, 0.1) is 5.69 Å². The van der Waals surface area contributed by atoms with Gasteiger partial charge in [-0.25, -0.2) is 4.98 Å². The van der Waals surface area contributed by atoms with Crippen molar-refractivity contribution in [3.8, 4) is 0 Å². The van der Waals surface area contributed by atoms with Crippen LogP contribution in [0.2, 0.25) is 0 Å². The highest BCUT2D eigenvalue weighted by Crippen LogP contribution is 2.08. The SMILES string of the molecule is Cc1cc(C(=O)Nc2cccc(C)n2)on1. The third kappa shape index (κ3) is 2.25. The van der Waals surface area contributed by atoms with Gasteiger partial charge in [-0.2, -0.15) is 0 Å². The van der Waals surface area contributed by atoms with Crippen molar-refractivity contribution in [1.29, 1.82) is 0 Å². The lowest BCUT2D eigenvalue weighted by molar-refractivity contribution is 0.0987. The summed E-state index contributed by atoms with van der Waals surface area (Å²) >= 11 is 0. The Kier molecular flexibility index (Phi) is 2.68. The maximum Gasteiger partial charge on any atom is 0.295 e. The molecular weight excluding hydrogens is 206 g/mol. The van der Waals surface area contributed by atoms with E-state index >= 15 is 0 Å². The molecule has 5 nitrogen and oxygen atoms in total. The number of nitrogens with one attached hydrogen (secondary N) is 1. The van der Waals surface area contributed by atoms with Crippen LogP contribution in [0.1, 0.15) is 21.9 Å². The first-order valence-corrected chi connectivity index (χ1v) is 4.83. The number of rotatable bonds is 2. The Morgan fingerprint density at radius 3 is 2.75 bits per heavy atom. The molecular formula is C11H11N3O2. The summed E-state index contributed by atoms with van der Waals surface area (Å²) in [5.41, 5.74) is 1.51. The molecule has 16 heavy (non-hydrogen) atoms. The number of carbonyl (C=O) groups is 1. The van der Waals surface area contributed by atoms with E-state index in [4.69, 9.17) is 4.52 Å². The van der Waals surface area contributed by atoms with E-state index in [0.29, 0.717) is 11.5 Å². The van der Waals surface area contributed by atoms with Crippen LogP contribution in [0.4, 0.5) is 5.82 Å². The van der Waals surface area contributed by atoms with Crippen LogP contribution in [0.15, 0.2) is 28.8 Å². The van der Waals surface area contributed by atoms with E-state index < -0.39 is 0 Å². The van der Waals surface area contributed by atoms with Crippen LogP contribution in [0, 0.1) is 13.8 Å². The summed E-state index contributed by atoms with van der Waals surface area (Å²) in [5, 5.41) is 6.27. The summed E-state index contributed by atoms with van der Waals surface area (Å²) in [5.74, 6) is 0.332. The number of aromatic nitrogens is 2. The average Bonchev–Trinajstić information content (AvgIpc) is 2.65. The number of hydrogen-bond donors (Lipinski definition) is 1. The predicted molar refractivity (Wildman–Crippen MR) is 58.2 cm³/mol. The normalized spacial score (nSPS) is 10.1. The fourth-order valence-corrected chi connectivity index (χ4v) is 1.26. The average molecular weight is 217 g/mol. The van der Waals surface area contributed by atoms with Crippen LogP contribution in [-0.2, 0) is 0 Å². The third-order valence-electron chi connectivity index (χ3n) is 1.98. The lowest BCUT2D eigenvalue weighted by atomic mass is 10.3. The van der Waals surface area contributed by atoms with Gasteiger partial charge in [-0.15, -0.1) is 0 Å². The summed E-state index contributed by atoms with van der Waals surface area (Å²) in [6, 6.07) is 6.97. The Hall–Kier alpha value is -2.17. The van der Waals surface area contributed by atoms with Gasteiger partial charge in [0.15, 0.2) is 0 Å². The lowest BCUT2D eigenvalue weighted by Gasteiger charge is -2.01.